The number of carbonyl (C=O) groups is 1. The first-order valence-electron chi connectivity index (χ1n) is 10.8. The molecule has 1 saturated carbocycles. The lowest BCUT2D eigenvalue weighted by molar-refractivity contribution is -0.135. The summed E-state index contributed by atoms with van der Waals surface area (Å²) < 4.78 is 2.30. The SMILES string of the molecule is CN(C)CCCn1ccnc1C1CCN(C(=O)C(N)C2CCCCC2)CC1. The fourth-order valence-corrected chi connectivity index (χ4v) is 4.69. The summed E-state index contributed by atoms with van der Waals surface area (Å²) in [7, 11) is 4.22. The molecule has 3 rings (SSSR count). The van der Waals surface area contributed by atoms with Crippen LogP contribution in [0.3, 0.4) is 0 Å². The molecule has 1 aliphatic heterocycles. The van der Waals surface area contributed by atoms with Gasteiger partial charge in [0, 0.05) is 37.9 Å². The van der Waals surface area contributed by atoms with Gasteiger partial charge < -0.3 is 20.1 Å². The van der Waals surface area contributed by atoms with Crippen molar-refractivity contribution in [3.05, 3.63) is 18.2 Å². The van der Waals surface area contributed by atoms with Gasteiger partial charge in [-0.15, -0.1) is 0 Å². The van der Waals surface area contributed by atoms with Gasteiger partial charge in [0.05, 0.1) is 6.04 Å². The van der Waals surface area contributed by atoms with Crippen molar-refractivity contribution < 1.29 is 4.79 Å². The van der Waals surface area contributed by atoms with Crippen molar-refractivity contribution in [1.29, 1.82) is 0 Å². The van der Waals surface area contributed by atoms with Gasteiger partial charge in [-0.05, 0) is 58.7 Å². The van der Waals surface area contributed by atoms with Crippen LogP contribution in [-0.4, -0.2) is 65.0 Å². The van der Waals surface area contributed by atoms with Crippen molar-refractivity contribution in [2.75, 3.05) is 33.7 Å². The number of hydrogen-bond donors (Lipinski definition) is 1. The Hall–Kier alpha value is -1.40. The summed E-state index contributed by atoms with van der Waals surface area (Å²) in [5.41, 5.74) is 6.34. The lowest BCUT2D eigenvalue weighted by atomic mass is 9.83. The number of likely N-dealkylation sites (tertiary alicyclic amines) is 1. The topological polar surface area (TPSA) is 67.4 Å². The monoisotopic (exact) mass is 375 g/mol. The van der Waals surface area contributed by atoms with Gasteiger partial charge in [-0.1, -0.05) is 19.3 Å². The number of hydrogen-bond acceptors (Lipinski definition) is 4. The molecule has 0 aromatic carbocycles. The third kappa shape index (κ3) is 5.32. The quantitative estimate of drug-likeness (QED) is 0.795. The minimum Gasteiger partial charge on any atom is -0.341 e. The number of nitrogens with zero attached hydrogens (tertiary/aromatic N) is 4. The van der Waals surface area contributed by atoms with E-state index in [4.69, 9.17) is 5.73 Å². The highest BCUT2D eigenvalue weighted by atomic mass is 16.2. The molecule has 2 N–H and O–H groups in total. The lowest BCUT2D eigenvalue weighted by Gasteiger charge is -2.36. The molecule has 6 nitrogen and oxygen atoms in total. The zero-order valence-electron chi connectivity index (χ0n) is 17.1. The Balaban J connectivity index is 1.50. The van der Waals surface area contributed by atoms with E-state index >= 15 is 0 Å². The molecule has 152 valence electrons. The normalized spacial score (nSPS) is 21.0. The summed E-state index contributed by atoms with van der Waals surface area (Å²) >= 11 is 0. The van der Waals surface area contributed by atoms with Crippen LogP contribution in [0.15, 0.2) is 12.4 Å². The maximum absolute atomic E-state index is 12.8. The fourth-order valence-electron chi connectivity index (χ4n) is 4.69. The van der Waals surface area contributed by atoms with E-state index in [2.05, 4.69) is 34.7 Å². The van der Waals surface area contributed by atoms with Crippen molar-refractivity contribution in [1.82, 2.24) is 19.4 Å². The molecule has 6 heteroatoms. The second kappa shape index (κ2) is 9.69. The molecule has 2 heterocycles. The molecule has 1 atom stereocenters. The largest absolute Gasteiger partial charge is 0.341 e. The smallest absolute Gasteiger partial charge is 0.239 e. The van der Waals surface area contributed by atoms with Crippen LogP contribution >= 0.6 is 0 Å². The Morgan fingerprint density at radius 2 is 1.93 bits per heavy atom. The molecule has 2 fully saturated rings. The second-order valence-corrected chi connectivity index (χ2v) is 8.66. The Kier molecular flexibility index (Phi) is 7.30. The minimum atomic E-state index is -0.296. The van der Waals surface area contributed by atoms with E-state index in [-0.39, 0.29) is 11.9 Å². The van der Waals surface area contributed by atoms with Crippen molar-refractivity contribution >= 4 is 5.91 Å². The Bertz CT molecular complexity index is 585. The summed E-state index contributed by atoms with van der Waals surface area (Å²) in [6, 6.07) is -0.296. The molecule has 1 aliphatic carbocycles. The number of imidazole rings is 1. The van der Waals surface area contributed by atoms with Crippen LogP contribution in [0.1, 0.15) is 63.1 Å². The van der Waals surface area contributed by atoms with E-state index in [1.165, 1.54) is 25.1 Å². The molecule has 27 heavy (non-hydrogen) atoms. The summed E-state index contributed by atoms with van der Waals surface area (Å²) in [5, 5.41) is 0. The summed E-state index contributed by atoms with van der Waals surface area (Å²) in [4.78, 5) is 21.7. The molecule has 1 amide bonds. The molecular weight excluding hydrogens is 338 g/mol. The number of aryl methyl sites for hydroxylation is 1. The number of aromatic nitrogens is 2. The summed E-state index contributed by atoms with van der Waals surface area (Å²) in [6.45, 7) is 3.73. The molecule has 0 bridgehead atoms. The summed E-state index contributed by atoms with van der Waals surface area (Å²) in [6.07, 6.45) is 13.1. The van der Waals surface area contributed by atoms with Gasteiger partial charge in [0.25, 0.3) is 0 Å². The minimum absolute atomic E-state index is 0.176. The number of nitrogens with two attached hydrogens (primary N) is 1. The zero-order chi connectivity index (χ0) is 19.2. The van der Waals surface area contributed by atoms with Gasteiger partial charge in [-0.2, -0.15) is 0 Å². The molecule has 1 aromatic heterocycles. The second-order valence-electron chi connectivity index (χ2n) is 8.66. The van der Waals surface area contributed by atoms with Crippen LogP contribution < -0.4 is 5.73 Å². The predicted octanol–water partition coefficient (Wildman–Crippen LogP) is 2.45. The summed E-state index contributed by atoms with van der Waals surface area (Å²) in [5.74, 6) is 2.21. The molecular formula is C21H37N5O. The predicted molar refractivity (Wildman–Crippen MR) is 109 cm³/mol. The highest BCUT2D eigenvalue weighted by Crippen LogP contribution is 2.30. The standard InChI is InChI=1S/C21H37N5O/c1-24(2)12-6-13-25-16-11-23-20(25)18-9-14-26(15-10-18)21(27)19(22)17-7-4-3-5-8-17/h11,16-19H,3-10,12-15,22H2,1-2H3. The first-order chi connectivity index (χ1) is 13.1. The van der Waals surface area contributed by atoms with E-state index in [9.17, 15) is 4.79 Å². The van der Waals surface area contributed by atoms with Crippen molar-refractivity contribution in [2.45, 2.75) is 69.9 Å². The van der Waals surface area contributed by atoms with E-state index in [1.54, 1.807) is 0 Å². The van der Waals surface area contributed by atoms with Crippen LogP contribution in [0, 0.1) is 5.92 Å². The third-order valence-electron chi connectivity index (χ3n) is 6.37. The third-order valence-corrected chi connectivity index (χ3v) is 6.37. The number of carbonyl (C=O) groups excluding carboxylic acids is 1. The van der Waals surface area contributed by atoms with Crippen LogP contribution in [0.5, 0.6) is 0 Å². The number of piperidine rings is 1. The van der Waals surface area contributed by atoms with Crippen molar-refractivity contribution in [3.8, 4) is 0 Å². The van der Waals surface area contributed by atoms with Crippen molar-refractivity contribution in [2.24, 2.45) is 11.7 Å². The molecule has 1 unspecified atom stereocenters. The Morgan fingerprint density at radius 1 is 1.22 bits per heavy atom. The Labute approximate surface area is 164 Å². The molecule has 1 aromatic rings. The first kappa shape index (κ1) is 20.3. The molecule has 1 saturated heterocycles. The first-order valence-corrected chi connectivity index (χ1v) is 10.8. The number of rotatable bonds is 7. The number of amides is 1. The highest BCUT2D eigenvalue weighted by molar-refractivity contribution is 5.82. The molecule has 0 radical (unpaired) electrons. The highest BCUT2D eigenvalue weighted by Gasteiger charge is 2.32. The zero-order valence-corrected chi connectivity index (χ0v) is 17.1. The van der Waals surface area contributed by atoms with E-state index in [0.717, 1.165) is 58.3 Å². The Morgan fingerprint density at radius 3 is 2.59 bits per heavy atom. The van der Waals surface area contributed by atoms with Crippen molar-refractivity contribution in [3.63, 3.8) is 0 Å². The lowest BCUT2D eigenvalue weighted by Crippen LogP contribution is -2.50. The molecule has 2 aliphatic rings. The van der Waals surface area contributed by atoms with E-state index in [0.29, 0.717) is 11.8 Å². The maximum Gasteiger partial charge on any atom is 0.239 e. The van der Waals surface area contributed by atoms with Gasteiger partial charge in [-0.25, -0.2) is 4.98 Å². The van der Waals surface area contributed by atoms with Crippen LogP contribution in [0.4, 0.5) is 0 Å². The van der Waals surface area contributed by atoms with Gasteiger partial charge in [0.15, 0.2) is 0 Å². The van der Waals surface area contributed by atoms with Crippen LogP contribution in [-0.2, 0) is 11.3 Å². The van der Waals surface area contributed by atoms with E-state index in [1.807, 2.05) is 11.1 Å². The van der Waals surface area contributed by atoms with Gasteiger partial charge >= 0.3 is 0 Å². The van der Waals surface area contributed by atoms with Gasteiger partial charge in [0.2, 0.25) is 5.91 Å². The maximum atomic E-state index is 12.8. The van der Waals surface area contributed by atoms with Gasteiger partial charge in [-0.3, -0.25) is 4.79 Å². The fraction of sp³-hybridized carbons (Fsp3) is 0.810. The van der Waals surface area contributed by atoms with Crippen LogP contribution in [0.2, 0.25) is 0 Å². The molecule has 0 spiro atoms. The average Bonchev–Trinajstić information content (AvgIpc) is 3.16. The average molecular weight is 376 g/mol. The van der Waals surface area contributed by atoms with E-state index < -0.39 is 0 Å². The van der Waals surface area contributed by atoms with Gasteiger partial charge in [0.1, 0.15) is 5.82 Å². The van der Waals surface area contributed by atoms with Crippen LogP contribution in [0.25, 0.3) is 0 Å².